The number of carbonyl (C=O) groups excluding carboxylic acids is 1. The molecule has 24 heavy (non-hydrogen) atoms. The van der Waals surface area contributed by atoms with Crippen molar-refractivity contribution in [3.8, 4) is 11.3 Å². The predicted molar refractivity (Wildman–Crippen MR) is 93.5 cm³/mol. The summed E-state index contributed by atoms with van der Waals surface area (Å²) in [5.74, 6) is -0.420. The van der Waals surface area contributed by atoms with Crippen LogP contribution in [0.25, 0.3) is 11.3 Å². The summed E-state index contributed by atoms with van der Waals surface area (Å²) in [5.41, 5.74) is 8.11. The summed E-state index contributed by atoms with van der Waals surface area (Å²) in [7, 11) is 0. The van der Waals surface area contributed by atoms with E-state index in [4.69, 9.17) is 5.73 Å². The van der Waals surface area contributed by atoms with Gasteiger partial charge in [0.25, 0.3) is 5.91 Å². The van der Waals surface area contributed by atoms with Gasteiger partial charge in [-0.2, -0.15) is 11.3 Å². The van der Waals surface area contributed by atoms with E-state index in [2.05, 4.69) is 15.3 Å². The first-order chi connectivity index (χ1) is 11.7. The Kier molecular flexibility index (Phi) is 4.83. The van der Waals surface area contributed by atoms with Crippen LogP contribution in [0, 0.1) is 0 Å². The van der Waals surface area contributed by atoms with Crippen LogP contribution in [0.2, 0.25) is 0 Å². The Morgan fingerprint density at radius 2 is 2.08 bits per heavy atom. The summed E-state index contributed by atoms with van der Waals surface area (Å²) in [6.45, 7) is -0.229. The van der Waals surface area contributed by atoms with Crippen LogP contribution in [0.5, 0.6) is 0 Å². The van der Waals surface area contributed by atoms with Crippen molar-refractivity contribution in [3.05, 3.63) is 64.6 Å². The molecule has 0 radical (unpaired) electrons. The third-order valence-corrected chi connectivity index (χ3v) is 4.21. The Balaban J connectivity index is 1.85. The van der Waals surface area contributed by atoms with Gasteiger partial charge < -0.3 is 16.2 Å². The fourth-order valence-corrected chi connectivity index (χ4v) is 2.91. The van der Waals surface area contributed by atoms with E-state index in [-0.39, 0.29) is 18.1 Å². The fourth-order valence-electron chi connectivity index (χ4n) is 2.26. The monoisotopic (exact) mass is 340 g/mol. The summed E-state index contributed by atoms with van der Waals surface area (Å²) in [6, 6.07) is 10.6. The van der Waals surface area contributed by atoms with Crippen molar-refractivity contribution < 1.29 is 9.90 Å². The molecule has 4 N–H and O–H groups in total. The van der Waals surface area contributed by atoms with Crippen molar-refractivity contribution in [1.29, 1.82) is 0 Å². The number of aromatic nitrogens is 2. The number of aliphatic hydroxyl groups excluding tert-OH is 1. The second-order valence-electron chi connectivity index (χ2n) is 5.12. The first kappa shape index (κ1) is 16.1. The normalized spacial score (nSPS) is 11.9. The van der Waals surface area contributed by atoms with Gasteiger partial charge in [-0.3, -0.25) is 4.79 Å². The van der Waals surface area contributed by atoms with Crippen LogP contribution in [0.15, 0.2) is 53.4 Å². The molecule has 1 amide bonds. The zero-order valence-electron chi connectivity index (χ0n) is 12.7. The molecule has 6 nitrogen and oxygen atoms in total. The van der Waals surface area contributed by atoms with E-state index in [9.17, 15) is 9.90 Å². The van der Waals surface area contributed by atoms with Crippen molar-refractivity contribution in [2.45, 2.75) is 6.04 Å². The second-order valence-corrected chi connectivity index (χ2v) is 5.90. The molecule has 0 saturated carbocycles. The second kappa shape index (κ2) is 7.20. The summed E-state index contributed by atoms with van der Waals surface area (Å²) >= 11 is 1.53. The van der Waals surface area contributed by atoms with Gasteiger partial charge in [-0.15, -0.1) is 0 Å². The maximum Gasteiger partial charge on any atom is 0.274 e. The minimum Gasteiger partial charge on any atom is -0.394 e. The van der Waals surface area contributed by atoms with Crippen LogP contribution in [-0.2, 0) is 0 Å². The Morgan fingerprint density at radius 3 is 2.75 bits per heavy atom. The largest absolute Gasteiger partial charge is 0.394 e. The molecule has 1 atom stereocenters. The molecule has 1 aromatic carbocycles. The van der Waals surface area contributed by atoms with E-state index < -0.39 is 11.9 Å². The lowest BCUT2D eigenvalue weighted by molar-refractivity contribution is 0.0912. The van der Waals surface area contributed by atoms with E-state index in [1.165, 1.54) is 17.5 Å². The molecular weight excluding hydrogens is 324 g/mol. The van der Waals surface area contributed by atoms with Crippen molar-refractivity contribution in [2.75, 3.05) is 12.3 Å². The maximum atomic E-state index is 12.5. The fraction of sp³-hybridized carbons (Fsp3) is 0.118. The highest BCUT2D eigenvalue weighted by molar-refractivity contribution is 7.08. The number of nitrogens with two attached hydrogens (primary N) is 1. The summed E-state index contributed by atoms with van der Waals surface area (Å²) in [4.78, 5) is 20.9. The predicted octanol–water partition coefficient (Wildman–Crippen LogP) is 2.25. The number of benzene rings is 1. The molecule has 3 rings (SSSR count). The van der Waals surface area contributed by atoms with Crippen molar-refractivity contribution in [3.63, 3.8) is 0 Å². The van der Waals surface area contributed by atoms with Gasteiger partial charge in [-0.05, 0) is 17.0 Å². The zero-order valence-corrected chi connectivity index (χ0v) is 13.5. The van der Waals surface area contributed by atoms with Crippen LogP contribution in [0.4, 0.5) is 5.82 Å². The Labute approximate surface area is 143 Å². The number of amides is 1. The lowest BCUT2D eigenvalue weighted by atomic mass is 10.1. The van der Waals surface area contributed by atoms with Gasteiger partial charge in [-0.25, -0.2) is 9.97 Å². The molecule has 7 heteroatoms. The molecule has 0 aliphatic heterocycles. The number of hydrogen-bond donors (Lipinski definition) is 3. The van der Waals surface area contributed by atoms with Gasteiger partial charge in [0.15, 0.2) is 11.5 Å². The average Bonchev–Trinajstić information content (AvgIpc) is 3.15. The Morgan fingerprint density at radius 1 is 1.29 bits per heavy atom. The van der Waals surface area contributed by atoms with Gasteiger partial charge in [-0.1, -0.05) is 30.3 Å². The van der Waals surface area contributed by atoms with Crippen molar-refractivity contribution >= 4 is 23.1 Å². The Bertz CT molecular complexity index is 822. The number of rotatable bonds is 5. The third-order valence-electron chi connectivity index (χ3n) is 3.52. The summed E-state index contributed by atoms with van der Waals surface area (Å²) < 4.78 is 0. The zero-order chi connectivity index (χ0) is 16.9. The van der Waals surface area contributed by atoms with Gasteiger partial charge in [0.1, 0.15) is 0 Å². The molecule has 0 fully saturated rings. The first-order valence-electron chi connectivity index (χ1n) is 7.31. The minimum atomic E-state index is -0.537. The van der Waals surface area contributed by atoms with E-state index in [0.29, 0.717) is 5.69 Å². The molecule has 0 aliphatic rings. The molecular formula is C17H16N4O2S. The minimum absolute atomic E-state index is 0.0491. The highest BCUT2D eigenvalue weighted by Crippen LogP contribution is 2.21. The Hall–Kier alpha value is -2.77. The number of nitrogens with zero attached hydrogens (tertiary/aromatic N) is 2. The van der Waals surface area contributed by atoms with E-state index >= 15 is 0 Å². The standard InChI is InChI=1S/C17H16N4O2S/c18-16-15(20-13(8-19-16)12-6-7-24-10-12)17(23)21-14(9-22)11-4-2-1-3-5-11/h1-8,10,14,22H,9H2,(H2,18,19)(H,21,23)/t14-/m1/s1. The SMILES string of the molecule is Nc1ncc(-c2ccsc2)nc1C(=O)N[C@H](CO)c1ccccc1. The highest BCUT2D eigenvalue weighted by atomic mass is 32.1. The average molecular weight is 340 g/mol. The number of anilines is 1. The molecule has 0 aliphatic carbocycles. The highest BCUT2D eigenvalue weighted by Gasteiger charge is 2.19. The van der Waals surface area contributed by atoms with E-state index in [1.54, 1.807) is 0 Å². The summed E-state index contributed by atoms with van der Waals surface area (Å²) in [6.07, 6.45) is 1.54. The number of hydrogen-bond acceptors (Lipinski definition) is 6. The van der Waals surface area contributed by atoms with Crippen LogP contribution < -0.4 is 11.1 Å². The molecule has 2 heterocycles. The molecule has 0 spiro atoms. The topological polar surface area (TPSA) is 101 Å². The molecule has 3 aromatic rings. The smallest absolute Gasteiger partial charge is 0.274 e. The lowest BCUT2D eigenvalue weighted by Crippen LogP contribution is -2.32. The van der Waals surface area contributed by atoms with Gasteiger partial charge in [0.2, 0.25) is 0 Å². The van der Waals surface area contributed by atoms with Crippen molar-refractivity contribution in [2.24, 2.45) is 0 Å². The van der Waals surface area contributed by atoms with Gasteiger partial charge in [0, 0.05) is 10.9 Å². The van der Waals surface area contributed by atoms with Crippen LogP contribution in [-0.4, -0.2) is 27.6 Å². The van der Waals surface area contributed by atoms with E-state index in [1.807, 2.05) is 47.2 Å². The molecule has 2 aromatic heterocycles. The van der Waals surface area contributed by atoms with Crippen LogP contribution >= 0.6 is 11.3 Å². The summed E-state index contributed by atoms with van der Waals surface area (Å²) in [5, 5.41) is 16.2. The third kappa shape index (κ3) is 3.42. The van der Waals surface area contributed by atoms with E-state index in [0.717, 1.165) is 11.1 Å². The quantitative estimate of drug-likeness (QED) is 0.661. The number of aliphatic hydroxyl groups is 1. The number of carbonyl (C=O) groups is 1. The molecule has 0 saturated heterocycles. The molecule has 122 valence electrons. The number of nitrogens with one attached hydrogen (secondary N) is 1. The van der Waals surface area contributed by atoms with Gasteiger partial charge >= 0.3 is 0 Å². The van der Waals surface area contributed by atoms with Crippen LogP contribution in [0.1, 0.15) is 22.1 Å². The van der Waals surface area contributed by atoms with Crippen LogP contribution in [0.3, 0.4) is 0 Å². The molecule has 0 bridgehead atoms. The van der Waals surface area contributed by atoms with Crippen molar-refractivity contribution in [1.82, 2.24) is 15.3 Å². The molecule has 0 unspecified atom stereocenters. The first-order valence-corrected chi connectivity index (χ1v) is 8.25. The lowest BCUT2D eigenvalue weighted by Gasteiger charge is -2.17. The number of nitrogen functional groups attached to an aromatic ring is 1. The van der Waals surface area contributed by atoms with Gasteiger partial charge in [0.05, 0.1) is 24.5 Å². The maximum absolute atomic E-state index is 12.5. The number of thiophene rings is 1.